The third-order valence-corrected chi connectivity index (χ3v) is 2.38. The van der Waals surface area contributed by atoms with Gasteiger partial charge in [0.1, 0.15) is 11.8 Å². The summed E-state index contributed by atoms with van der Waals surface area (Å²) in [5.74, 6) is -0.830. The summed E-state index contributed by atoms with van der Waals surface area (Å²) < 4.78 is 39.9. The Morgan fingerprint density at radius 2 is 2.15 bits per heavy atom. The van der Waals surface area contributed by atoms with Gasteiger partial charge in [-0.1, -0.05) is 12.1 Å². The van der Waals surface area contributed by atoms with Gasteiger partial charge >= 0.3 is 6.36 Å². The zero-order valence-electron chi connectivity index (χ0n) is 10.5. The monoisotopic (exact) mass is 292 g/mol. The molecule has 4 N–H and O–H groups in total. The quantitative estimate of drug-likeness (QED) is 0.715. The van der Waals surface area contributed by atoms with Crippen molar-refractivity contribution in [1.82, 2.24) is 5.32 Å². The lowest BCUT2D eigenvalue weighted by molar-refractivity contribution is -0.274. The van der Waals surface area contributed by atoms with E-state index in [4.69, 9.17) is 10.8 Å². The Bertz CT molecular complexity index is 452. The summed E-state index contributed by atoms with van der Waals surface area (Å²) in [5, 5.41) is 11.1. The Balaban J connectivity index is 2.49. The average molecular weight is 292 g/mol. The molecule has 0 aromatic heterocycles. The molecule has 5 nitrogen and oxygen atoms in total. The van der Waals surface area contributed by atoms with Gasteiger partial charge in [0.25, 0.3) is 0 Å². The predicted octanol–water partition coefficient (Wildman–Crippen LogP) is 0.564. The van der Waals surface area contributed by atoms with Crippen LogP contribution in [-0.4, -0.2) is 36.6 Å². The molecular formula is C12H15F3N2O3. The number of carbonyl (C=O) groups excluding carboxylic acids is 1. The van der Waals surface area contributed by atoms with Gasteiger partial charge in [-0.05, 0) is 24.1 Å². The molecule has 0 saturated heterocycles. The van der Waals surface area contributed by atoms with Gasteiger partial charge in [-0.25, -0.2) is 0 Å². The Morgan fingerprint density at radius 3 is 2.75 bits per heavy atom. The first-order valence-corrected chi connectivity index (χ1v) is 5.80. The molecule has 0 bridgehead atoms. The maximum atomic E-state index is 12.0. The number of hydrogen-bond donors (Lipinski definition) is 3. The molecule has 0 spiro atoms. The Kier molecular flexibility index (Phi) is 5.78. The molecule has 20 heavy (non-hydrogen) atoms. The number of hydrogen-bond acceptors (Lipinski definition) is 4. The van der Waals surface area contributed by atoms with Gasteiger partial charge in [-0.3, -0.25) is 4.79 Å². The minimum Gasteiger partial charge on any atom is -0.406 e. The summed E-state index contributed by atoms with van der Waals surface area (Å²) in [6.45, 7) is -0.275. The van der Waals surface area contributed by atoms with E-state index in [1.807, 2.05) is 0 Å². The van der Waals surface area contributed by atoms with Crippen LogP contribution in [0.4, 0.5) is 13.2 Å². The van der Waals surface area contributed by atoms with Gasteiger partial charge < -0.3 is 20.9 Å². The number of benzene rings is 1. The lowest BCUT2D eigenvalue weighted by Gasteiger charge is -2.11. The zero-order chi connectivity index (χ0) is 15.2. The minimum absolute atomic E-state index is 0.196. The van der Waals surface area contributed by atoms with Crippen LogP contribution in [0, 0.1) is 0 Å². The SMILES string of the molecule is NC(CO)C(=O)NCCc1cccc(OC(F)(F)F)c1. The fraction of sp³-hybridized carbons (Fsp3) is 0.417. The molecular weight excluding hydrogens is 277 g/mol. The van der Waals surface area contributed by atoms with Gasteiger partial charge in [-0.2, -0.15) is 0 Å². The van der Waals surface area contributed by atoms with Crippen LogP contribution in [-0.2, 0) is 11.2 Å². The zero-order valence-corrected chi connectivity index (χ0v) is 10.5. The van der Waals surface area contributed by atoms with Gasteiger partial charge in [0.15, 0.2) is 0 Å². The van der Waals surface area contributed by atoms with E-state index in [0.29, 0.717) is 12.0 Å². The highest BCUT2D eigenvalue weighted by Gasteiger charge is 2.31. The molecule has 1 unspecified atom stereocenters. The van der Waals surface area contributed by atoms with E-state index in [9.17, 15) is 18.0 Å². The smallest absolute Gasteiger partial charge is 0.406 e. The normalized spacial score (nSPS) is 12.8. The summed E-state index contributed by atoms with van der Waals surface area (Å²) in [6.07, 6.45) is -4.42. The molecule has 0 aliphatic heterocycles. The summed E-state index contributed by atoms with van der Waals surface area (Å²) in [6, 6.07) is 4.47. The molecule has 1 atom stereocenters. The number of carbonyl (C=O) groups is 1. The van der Waals surface area contributed by atoms with Crippen molar-refractivity contribution in [1.29, 1.82) is 0 Å². The summed E-state index contributed by atoms with van der Waals surface area (Å²) in [7, 11) is 0. The van der Waals surface area contributed by atoms with E-state index in [0.717, 1.165) is 0 Å². The first-order chi connectivity index (χ1) is 9.31. The standard InChI is InChI=1S/C12H15F3N2O3/c13-12(14,15)20-9-3-1-2-8(6-9)4-5-17-11(19)10(16)7-18/h1-3,6,10,18H,4-5,7,16H2,(H,17,19). The third kappa shape index (κ3) is 5.89. The molecule has 0 aliphatic carbocycles. The van der Waals surface area contributed by atoms with Crippen LogP contribution < -0.4 is 15.8 Å². The van der Waals surface area contributed by atoms with Crippen molar-refractivity contribution in [2.45, 2.75) is 18.8 Å². The molecule has 0 saturated carbocycles. The highest BCUT2D eigenvalue weighted by molar-refractivity contribution is 5.81. The minimum atomic E-state index is -4.74. The van der Waals surface area contributed by atoms with Crippen molar-refractivity contribution in [3.05, 3.63) is 29.8 Å². The van der Waals surface area contributed by atoms with Crippen molar-refractivity contribution < 1.29 is 27.8 Å². The van der Waals surface area contributed by atoms with E-state index in [-0.39, 0.29) is 12.3 Å². The van der Waals surface area contributed by atoms with E-state index in [1.54, 1.807) is 6.07 Å². The van der Waals surface area contributed by atoms with E-state index in [2.05, 4.69) is 10.1 Å². The molecule has 1 rings (SSSR count). The Labute approximate surface area is 113 Å². The second kappa shape index (κ2) is 7.11. The largest absolute Gasteiger partial charge is 0.573 e. The van der Waals surface area contributed by atoms with Gasteiger partial charge in [0, 0.05) is 6.54 Å². The molecule has 112 valence electrons. The van der Waals surface area contributed by atoms with Crippen LogP contribution in [0.2, 0.25) is 0 Å². The van der Waals surface area contributed by atoms with E-state index in [1.165, 1.54) is 18.2 Å². The third-order valence-electron chi connectivity index (χ3n) is 2.38. The second-order valence-corrected chi connectivity index (χ2v) is 4.03. The fourth-order valence-corrected chi connectivity index (χ4v) is 1.44. The molecule has 0 fully saturated rings. The highest BCUT2D eigenvalue weighted by atomic mass is 19.4. The van der Waals surface area contributed by atoms with Crippen LogP contribution >= 0.6 is 0 Å². The van der Waals surface area contributed by atoms with Crippen LogP contribution in [0.5, 0.6) is 5.75 Å². The number of nitrogens with one attached hydrogen (secondary N) is 1. The van der Waals surface area contributed by atoms with Crippen molar-refractivity contribution >= 4 is 5.91 Å². The second-order valence-electron chi connectivity index (χ2n) is 4.03. The van der Waals surface area contributed by atoms with Crippen LogP contribution in [0.25, 0.3) is 0 Å². The maximum absolute atomic E-state index is 12.0. The molecule has 0 radical (unpaired) electrons. The van der Waals surface area contributed by atoms with Crippen molar-refractivity contribution in [2.75, 3.05) is 13.2 Å². The van der Waals surface area contributed by atoms with Crippen LogP contribution in [0.15, 0.2) is 24.3 Å². The van der Waals surface area contributed by atoms with Crippen molar-refractivity contribution in [3.63, 3.8) is 0 Å². The first-order valence-electron chi connectivity index (χ1n) is 5.80. The Hall–Kier alpha value is -1.80. The maximum Gasteiger partial charge on any atom is 0.573 e. The van der Waals surface area contributed by atoms with Crippen molar-refractivity contribution in [3.8, 4) is 5.75 Å². The number of alkyl halides is 3. The fourth-order valence-electron chi connectivity index (χ4n) is 1.44. The van der Waals surface area contributed by atoms with Gasteiger partial charge in [-0.15, -0.1) is 13.2 Å². The predicted molar refractivity (Wildman–Crippen MR) is 64.9 cm³/mol. The number of rotatable bonds is 6. The summed E-state index contributed by atoms with van der Waals surface area (Å²) in [4.78, 5) is 11.2. The van der Waals surface area contributed by atoms with Gasteiger partial charge in [0.2, 0.25) is 5.91 Å². The number of aliphatic hydroxyl groups is 1. The Morgan fingerprint density at radius 1 is 1.45 bits per heavy atom. The van der Waals surface area contributed by atoms with Crippen LogP contribution in [0.1, 0.15) is 5.56 Å². The van der Waals surface area contributed by atoms with Crippen molar-refractivity contribution in [2.24, 2.45) is 5.73 Å². The molecule has 0 aliphatic rings. The molecule has 1 aromatic carbocycles. The van der Waals surface area contributed by atoms with Crippen LogP contribution in [0.3, 0.4) is 0 Å². The molecule has 8 heteroatoms. The van der Waals surface area contributed by atoms with E-state index >= 15 is 0 Å². The summed E-state index contributed by atoms with van der Waals surface area (Å²) in [5.41, 5.74) is 5.86. The lowest BCUT2D eigenvalue weighted by atomic mass is 10.1. The molecule has 0 heterocycles. The van der Waals surface area contributed by atoms with Gasteiger partial charge in [0.05, 0.1) is 6.61 Å². The molecule has 1 aromatic rings. The average Bonchev–Trinajstić information content (AvgIpc) is 2.36. The molecule has 1 amide bonds. The first kappa shape index (κ1) is 16.3. The highest BCUT2D eigenvalue weighted by Crippen LogP contribution is 2.23. The van der Waals surface area contributed by atoms with E-state index < -0.39 is 24.9 Å². The number of nitrogens with two attached hydrogens (primary N) is 1. The number of aliphatic hydroxyl groups excluding tert-OH is 1. The number of halogens is 3. The topological polar surface area (TPSA) is 84.6 Å². The summed E-state index contributed by atoms with van der Waals surface area (Å²) >= 11 is 0. The number of amides is 1. The number of ether oxygens (including phenoxy) is 1. The lowest BCUT2D eigenvalue weighted by Crippen LogP contribution is -2.43.